The van der Waals surface area contributed by atoms with Gasteiger partial charge in [0, 0.05) is 54.4 Å². The molecule has 1 N–H and O–H groups in total. The number of allylic oxidation sites excluding steroid dienone is 1. The summed E-state index contributed by atoms with van der Waals surface area (Å²) < 4.78 is 47.8. The molecule has 1 fully saturated rings. The number of hydrogen-bond donors (Lipinski definition) is 2. The first-order chi connectivity index (χ1) is 16.1. The first kappa shape index (κ1) is 24.9. The van der Waals surface area contributed by atoms with Crippen LogP contribution in [0.4, 0.5) is 8.78 Å². The van der Waals surface area contributed by atoms with Crippen LogP contribution >= 0.6 is 22.9 Å². The number of benzene rings is 1. The number of nitrogens with one attached hydrogen (secondary N) is 1. The molecule has 34 heavy (non-hydrogen) atoms. The third-order valence-corrected chi connectivity index (χ3v) is 8.96. The van der Waals surface area contributed by atoms with Gasteiger partial charge in [-0.3, -0.25) is 9.20 Å². The van der Waals surface area contributed by atoms with Gasteiger partial charge in [0.05, 0.1) is 17.7 Å². The third-order valence-electron chi connectivity index (χ3n) is 6.04. The largest absolute Gasteiger partial charge is 0.466 e. The number of piperidine rings is 1. The number of aromatic nitrogens is 1. The minimum absolute atomic E-state index is 0.103. The van der Waals surface area contributed by atoms with Crippen LogP contribution in [-0.4, -0.2) is 58.0 Å². The quantitative estimate of drug-likeness (QED) is 0.351. The summed E-state index contributed by atoms with van der Waals surface area (Å²) >= 11 is 7.54. The average Bonchev–Trinajstić information content (AvgIpc) is 3.36. The van der Waals surface area contributed by atoms with Crippen LogP contribution in [0.1, 0.15) is 29.5 Å². The first-order valence-electron chi connectivity index (χ1n) is 10.6. The van der Waals surface area contributed by atoms with E-state index in [4.69, 9.17) is 16.3 Å². The van der Waals surface area contributed by atoms with E-state index in [2.05, 4.69) is 15.3 Å². The molecule has 0 bridgehead atoms. The fraction of sp³-hybridized carbons (Fsp3) is 0.409. The number of rotatable bonds is 5. The van der Waals surface area contributed by atoms with Crippen LogP contribution in [0, 0.1) is 17.6 Å². The molecule has 7 nitrogen and oxygen atoms in total. The Kier molecular flexibility index (Phi) is 7.18. The minimum Gasteiger partial charge on any atom is -0.466 e. The smallest absolute Gasteiger partial charge is 0.338 e. The number of hydrogen-bond acceptors (Lipinski definition) is 7. The van der Waals surface area contributed by atoms with Gasteiger partial charge < -0.3 is 10.1 Å². The summed E-state index contributed by atoms with van der Waals surface area (Å²) in [6, 6.07) is 1.27. The van der Waals surface area contributed by atoms with Crippen molar-refractivity contribution in [1.82, 2.24) is 14.6 Å². The van der Waals surface area contributed by atoms with Crippen molar-refractivity contribution in [3.63, 3.8) is 0 Å². The lowest BCUT2D eigenvalue weighted by Crippen LogP contribution is -2.44. The normalized spacial score (nSPS) is 20.6. The molecular weight excluding hydrogens is 506 g/mol. The standard InChI is InChI=1S/C22H25ClF2N4O3S2/c1-32-22(30)15-18(12-6-9-29(10-7-12)34(2,3)31)27-20(21-26-8-11-33-21)28-19(15)13-4-5-14(24)17(25)16(13)23/h4-5,8,11-12,19,34H,6-7,9-10H2,1-3H3,(H,27,28). The summed E-state index contributed by atoms with van der Waals surface area (Å²) in [7, 11) is -1.14. The van der Waals surface area contributed by atoms with Gasteiger partial charge in [0.1, 0.15) is 6.04 Å². The number of carbonyl (C=O) groups excluding carboxylic acids is 1. The number of thiol groups is 1. The van der Waals surface area contributed by atoms with Gasteiger partial charge in [-0.05, 0) is 18.9 Å². The van der Waals surface area contributed by atoms with Gasteiger partial charge in [0.15, 0.2) is 22.5 Å². The fourth-order valence-electron chi connectivity index (χ4n) is 4.28. The zero-order valence-electron chi connectivity index (χ0n) is 18.8. The molecule has 2 aliphatic heterocycles. The highest BCUT2D eigenvalue weighted by molar-refractivity contribution is 7.99. The van der Waals surface area contributed by atoms with E-state index in [9.17, 15) is 17.8 Å². The van der Waals surface area contributed by atoms with Crippen molar-refractivity contribution < 1.29 is 22.5 Å². The summed E-state index contributed by atoms with van der Waals surface area (Å²) in [6.45, 7) is 1.18. The first-order valence-corrected chi connectivity index (χ1v) is 14.4. The molecule has 4 rings (SSSR count). The lowest BCUT2D eigenvalue weighted by atomic mass is 9.86. The van der Waals surface area contributed by atoms with Crippen molar-refractivity contribution in [1.29, 1.82) is 0 Å². The molecule has 2 aromatic rings. The van der Waals surface area contributed by atoms with Crippen LogP contribution in [0.25, 0.3) is 0 Å². The van der Waals surface area contributed by atoms with Gasteiger partial charge in [-0.2, -0.15) is 0 Å². The maximum absolute atomic E-state index is 14.4. The number of methoxy groups -OCH3 is 1. The molecule has 0 saturated carbocycles. The second-order valence-electron chi connectivity index (χ2n) is 8.45. The predicted molar refractivity (Wildman–Crippen MR) is 131 cm³/mol. The summed E-state index contributed by atoms with van der Waals surface area (Å²) in [5, 5.41) is 5.19. The zero-order chi connectivity index (χ0) is 24.6. The van der Waals surface area contributed by atoms with Crippen molar-refractivity contribution in [3.05, 3.63) is 62.2 Å². The Morgan fingerprint density at radius 3 is 2.59 bits per heavy atom. The molecular formula is C22H25ClF2N4O3S2. The number of amidine groups is 1. The van der Waals surface area contributed by atoms with Crippen molar-refractivity contribution in [3.8, 4) is 0 Å². The molecule has 1 atom stereocenters. The lowest BCUT2D eigenvalue weighted by molar-refractivity contribution is -0.136. The molecule has 1 saturated heterocycles. The Labute approximate surface area is 206 Å². The highest BCUT2D eigenvalue weighted by atomic mass is 35.5. The van der Waals surface area contributed by atoms with Crippen molar-refractivity contribution >= 4 is 44.9 Å². The number of ether oxygens (including phenoxy) is 1. The minimum atomic E-state index is -2.40. The van der Waals surface area contributed by atoms with Crippen LogP contribution < -0.4 is 5.32 Å². The molecule has 1 aromatic heterocycles. The predicted octanol–water partition coefficient (Wildman–Crippen LogP) is 3.50. The molecule has 0 aliphatic carbocycles. The third kappa shape index (κ3) is 4.79. The van der Waals surface area contributed by atoms with Crippen LogP contribution in [0.2, 0.25) is 5.02 Å². The molecule has 3 heterocycles. The maximum atomic E-state index is 14.4. The molecule has 1 unspecified atom stereocenters. The Morgan fingerprint density at radius 1 is 1.29 bits per heavy atom. The topological polar surface area (TPSA) is 83.9 Å². The van der Waals surface area contributed by atoms with Gasteiger partial charge in [-0.1, -0.05) is 27.8 Å². The Bertz CT molecular complexity index is 1200. The maximum Gasteiger partial charge on any atom is 0.338 e. The van der Waals surface area contributed by atoms with E-state index in [0.29, 0.717) is 42.5 Å². The van der Waals surface area contributed by atoms with Crippen LogP contribution in [0.3, 0.4) is 0 Å². The molecule has 1 aromatic carbocycles. The van der Waals surface area contributed by atoms with E-state index in [1.54, 1.807) is 24.1 Å². The number of carbonyl (C=O) groups is 1. The SMILES string of the molecule is COC(=O)C1=C(C2CCN([SH](C)(C)=O)CC2)NC(c2nccs2)=NC1c1ccc(F)c(F)c1Cl. The van der Waals surface area contributed by atoms with Crippen LogP contribution in [0.5, 0.6) is 0 Å². The van der Waals surface area contributed by atoms with Crippen molar-refractivity contribution in [2.24, 2.45) is 10.9 Å². The van der Waals surface area contributed by atoms with E-state index in [-0.39, 0.29) is 17.1 Å². The Hall–Kier alpha value is -2.21. The molecule has 0 radical (unpaired) electrons. The Morgan fingerprint density at radius 2 is 2.00 bits per heavy atom. The van der Waals surface area contributed by atoms with Gasteiger partial charge in [-0.25, -0.2) is 22.9 Å². The zero-order valence-corrected chi connectivity index (χ0v) is 21.3. The van der Waals surface area contributed by atoms with Gasteiger partial charge in [-0.15, -0.1) is 11.3 Å². The van der Waals surface area contributed by atoms with Gasteiger partial charge in [0.25, 0.3) is 0 Å². The second kappa shape index (κ2) is 9.80. The molecule has 2 aliphatic rings. The molecule has 12 heteroatoms. The number of halogens is 3. The van der Waals surface area contributed by atoms with Crippen LogP contribution in [0.15, 0.2) is 40.0 Å². The summed E-state index contributed by atoms with van der Waals surface area (Å²) in [6.07, 6.45) is 6.37. The molecule has 184 valence electrons. The van der Waals surface area contributed by atoms with Crippen molar-refractivity contribution in [2.45, 2.75) is 18.9 Å². The van der Waals surface area contributed by atoms with E-state index in [1.807, 2.05) is 4.31 Å². The van der Waals surface area contributed by atoms with Crippen LogP contribution in [-0.2, 0) is 19.7 Å². The van der Waals surface area contributed by atoms with Gasteiger partial charge >= 0.3 is 5.97 Å². The van der Waals surface area contributed by atoms with Gasteiger partial charge in [0.2, 0.25) is 0 Å². The monoisotopic (exact) mass is 530 g/mol. The number of nitrogens with zero attached hydrogens (tertiary/aromatic N) is 3. The van der Waals surface area contributed by atoms with E-state index >= 15 is 0 Å². The lowest BCUT2D eigenvalue weighted by Gasteiger charge is -2.39. The second-order valence-corrected chi connectivity index (χ2v) is 12.9. The summed E-state index contributed by atoms with van der Waals surface area (Å²) in [5.74, 6) is -2.64. The van der Waals surface area contributed by atoms with E-state index in [1.165, 1.54) is 24.5 Å². The highest BCUT2D eigenvalue weighted by Gasteiger charge is 2.38. The Balaban J connectivity index is 1.83. The summed E-state index contributed by atoms with van der Waals surface area (Å²) in [4.78, 5) is 22.0. The highest BCUT2D eigenvalue weighted by Crippen LogP contribution is 2.41. The van der Waals surface area contributed by atoms with E-state index < -0.39 is 38.8 Å². The number of aliphatic imine (C=N–C) groups is 1. The number of esters is 1. The number of thiazole rings is 1. The van der Waals surface area contributed by atoms with Crippen molar-refractivity contribution in [2.75, 3.05) is 32.7 Å². The molecule has 0 amide bonds. The average molecular weight is 531 g/mol. The summed E-state index contributed by atoms with van der Waals surface area (Å²) in [5.41, 5.74) is 0.919. The molecule has 0 spiro atoms. The van der Waals surface area contributed by atoms with E-state index in [0.717, 1.165) is 6.07 Å². The fourth-order valence-corrected chi connectivity index (χ4v) is 6.32.